The lowest BCUT2D eigenvalue weighted by Gasteiger charge is -2.37. The molecule has 20 heavy (non-hydrogen) atoms. The summed E-state index contributed by atoms with van der Waals surface area (Å²) in [6.45, 7) is 4.32. The van der Waals surface area contributed by atoms with E-state index < -0.39 is 9.84 Å². The van der Waals surface area contributed by atoms with Crippen molar-refractivity contribution < 1.29 is 12.8 Å². The van der Waals surface area contributed by atoms with Gasteiger partial charge >= 0.3 is 0 Å². The molecule has 1 saturated heterocycles. The second kappa shape index (κ2) is 5.69. The molecule has 6 heteroatoms. The van der Waals surface area contributed by atoms with Gasteiger partial charge in [0, 0.05) is 24.3 Å². The summed E-state index contributed by atoms with van der Waals surface area (Å²) >= 11 is 0. The standard InChI is InChI=1S/C14H21FN2O2S/c1-10-9-20(18,19)7-6-17(10)14-5-4-12(15)8-13(14)11(2)16-3/h4-5,8,10-11,16H,6-7,9H2,1-3H3. The molecule has 1 heterocycles. The fraction of sp³-hybridized carbons (Fsp3) is 0.571. The molecule has 0 aromatic heterocycles. The maximum Gasteiger partial charge on any atom is 0.154 e. The quantitative estimate of drug-likeness (QED) is 0.923. The lowest BCUT2D eigenvalue weighted by Crippen LogP contribution is -2.47. The maximum atomic E-state index is 13.5. The molecule has 2 rings (SSSR count). The van der Waals surface area contributed by atoms with Crippen molar-refractivity contribution in [2.45, 2.75) is 25.9 Å². The van der Waals surface area contributed by atoms with E-state index in [1.807, 2.05) is 20.9 Å². The van der Waals surface area contributed by atoms with Crippen molar-refractivity contribution in [3.8, 4) is 0 Å². The van der Waals surface area contributed by atoms with E-state index in [-0.39, 0.29) is 29.4 Å². The van der Waals surface area contributed by atoms with Gasteiger partial charge in [-0.3, -0.25) is 0 Å². The fourth-order valence-electron chi connectivity index (χ4n) is 2.65. The van der Waals surface area contributed by atoms with E-state index in [1.54, 1.807) is 6.07 Å². The second-order valence-electron chi connectivity index (χ2n) is 5.37. The number of anilines is 1. The van der Waals surface area contributed by atoms with Crippen molar-refractivity contribution >= 4 is 15.5 Å². The number of sulfone groups is 1. The van der Waals surface area contributed by atoms with Gasteiger partial charge in [-0.1, -0.05) is 0 Å². The van der Waals surface area contributed by atoms with Crippen LogP contribution in [0.15, 0.2) is 18.2 Å². The second-order valence-corrected chi connectivity index (χ2v) is 7.60. The first kappa shape index (κ1) is 15.3. The van der Waals surface area contributed by atoms with Crippen molar-refractivity contribution in [1.82, 2.24) is 5.32 Å². The molecule has 1 aliphatic rings. The molecule has 1 aromatic carbocycles. The van der Waals surface area contributed by atoms with Crippen LogP contribution in [-0.4, -0.2) is 39.6 Å². The van der Waals surface area contributed by atoms with E-state index in [4.69, 9.17) is 0 Å². The molecular formula is C14H21FN2O2S. The predicted molar refractivity (Wildman–Crippen MR) is 79.3 cm³/mol. The molecular weight excluding hydrogens is 279 g/mol. The molecule has 0 aliphatic carbocycles. The average molecular weight is 300 g/mol. The third-order valence-electron chi connectivity index (χ3n) is 3.87. The Bertz CT molecular complexity index is 589. The van der Waals surface area contributed by atoms with E-state index in [0.29, 0.717) is 6.54 Å². The van der Waals surface area contributed by atoms with Gasteiger partial charge in [-0.2, -0.15) is 0 Å². The van der Waals surface area contributed by atoms with Crippen LogP contribution < -0.4 is 10.2 Å². The van der Waals surface area contributed by atoms with E-state index in [0.717, 1.165) is 11.3 Å². The molecule has 2 atom stereocenters. The van der Waals surface area contributed by atoms with E-state index >= 15 is 0 Å². The Morgan fingerprint density at radius 2 is 2.15 bits per heavy atom. The van der Waals surface area contributed by atoms with Crippen molar-refractivity contribution in [3.63, 3.8) is 0 Å². The molecule has 0 bridgehead atoms. The zero-order valence-corrected chi connectivity index (χ0v) is 12.9. The Kier molecular flexibility index (Phi) is 4.34. The zero-order valence-electron chi connectivity index (χ0n) is 12.1. The first-order valence-corrected chi connectivity index (χ1v) is 8.60. The third kappa shape index (κ3) is 3.12. The predicted octanol–water partition coefficient (Wildman–Crippen LogP) is 1.73. The SMILES string of the molecule is CNC(C)c1cc(F)ccc1N1CCS(=O)(=O)CC1C. The Labute approximate surface area is 119 Å². The van der Waals surface area contributed by atoms with E-state index in [2.05, 4.69) is 10.2 Å². The number of rotatable bonds is 3. The molecule has 1 aromatic rings. The number of hydrogen-bond donors (Lipinski definition) is 1. The Balaban J connectivity index is 2.38. The highest BCUT2D eigenvalue weighted by atomic mass is 32.2. The summed E-state index contributed by atoms with van der Waals surface area (Å²) in [7, 11) is -1.13. The highest BCUT2D eigenvalue weighted by Crippen LogP contribution is 2.30. The molecule has 1 aliphatic heterocycles. The number of nitrogens with zero attached hydrogens (tertiary/aromatic N) is 1. The lowest BCUT2D eigenvalue weighted by atomic mass is 10.0. The molecule has 4 nitrogen and oxygen atoms in total. The van der Waals surface area contributed by atoms with Gasteiger partial charge in [-0.25, -0.2) is 12.8 Å². The minimum absolute atomic E-state index is 0.00596. The van der Waals surface area contributed by atoms with Gasteiger partial charge in [0.1, 0.15) is 5.82 Å². The molecule has 0 amide bonds. The van der Waals surface area contributed by atoms with Crippen LogP contribution in [0, 0.1) is 5.82 Å². The highest BCUT2D eigenvalue weighted by Gasteiger charge is 2.30. The Morgan fingerprint density at radius 1 is 1.45 bits per heavy atom. The van der Waals surface area contributed by atoms with Crippen LogP contribution in [0.3, 0.4) is 0 Å². The lowest BCUT2D eigenvalue weighted by molar-refractivity contribution is 0.564. The summed E-state index contributed by atoms with van der Waals surface area (Å²) in [5.74, 6) is 0.0305. The van der Waals surface area contributed by atoms with Crippen molar-refractivity contribution in [1.29, 1.82) is 0 Å². The van der Waals surface area contributed by atoms with Crippen LogP contribution in [0.2, 0.25) is 0 Å². The Morgan fingerprint density at radius 3 is 2.75 bits per heavy atom. The largest absolute Gasteiger partial charge is 0.367 e. The minimum Gasteiger partial charge on any atom is -0.367 e. The molecule has 1 N–H and O–H groups in total. The van der Waals surface area contributed by atoms with Crippen LogP contribution in [0.1, 0.15) is 25.5 Å². The minimum atomic E-state index is -2.95. The maximum absolute atomic E-state index is 13.5. The fourth-order valence-corrected chi connectivity index (χ4v) is 4.20. The smallest absolute Gasteiger partial charge is 0.154 e. The molecule has 0 spiro atoms. The van der Waals surface area contributed by atoms with Gasteiger partial charge in [0.25, 0.3) is 0 Å². The van der Waals surface area contributed by atoms with Crippen LogP contribution in [0.25, 0.3) is 0 Å². The van der Waals surface area contributed by atoms with Gasteiger partial charge < -0.3 is 10.2 Å². The van der Waals surface area contributed by atoms with E-state index in [1.165, 1.54) is 12.1 Å². The monoisotopic (exact) mass is 300 g/mol. The van der Waals surface area contributed by atoms with Crippen LogP contribution in [0.5, 0.6) is 0 Å². The first-order valence-electron chi connectivity index (χ1n) is 6.78. The van der Waals surface area contributed by atoms with Crippen LogP contribution in [0.4, 0.5) is 10.1 Å². The zero-order chi connectivity index (χ0) is 14.9. The van der Waals surface area contributed by atoms with E-state index in [9.17, 15) is 12.8 Å². The molecule has 2 unspecified atom stereocenters. The first-order chi connectivity index (χ1) is 9.34. The molecule has 0 radical (unpaired) electrons. The average Bonchev–Trinajstić information content (AvgIpc) is 2.37. The van der Waals surface area contributed by atoms with Gasteiger partial charge in [0.2, 0.25) is 0 Å². The number of benzene rings is 1. The van der Waals surface area contributed by atoms with Crippen LogP contribution in [-0.2, 0) is 9.84 Å². The van der Waals surface area contributed by atoms with Gasteiger partial charge in [0.15, 0.2) is 9.84 Å². The topological polar surface area (TPSA) is 49.4 Å². The summed E-state index contributed by atoms with van der Waals surface area (Å²) in [4.78, 5) is 2.06. The highest BCUT2D eigenvalue weighted by molar-refractivity contribution is 7.91. The van der Waals surface area contributed by atoms with Gasteiger partial charge in [-0.15, -0.1) is 0 Å². The number of hydrogen-bond acceptors (Lipinski definition) is 4. The molecule has 1 fully saturated rings. The van der Waals surface area contributed by atoms with Crippen molar-refractivity contribution in [3.05, 3.63) is 29.6 Å². The molecule has 0 saturated carbocycles. The number of nitrogens with one attached hydrogen (secondary N) is 1. The summed E-state index contributed by atoms with van der Waals surface area (Å²) in [5, 5.41) is 3.11. The summed E-state index contributed by atoms with van der Waals surface area (Å²) in [5.41, 5.74) is 1.77. The third-order valence-corrected chi connectivity index (χ3v) is 5.66. The summed E-state index contributed by atoms with van der Waals surface area (Å²) in [6, 6.07) is 4.60. The Hall–Kier alpha value is -1.14. The normalized spacial score (nSPS) is 23.6. The van der Waals surface area contributed by atoms with Crippen molar-refractivity contribution in [2.24, 2.45) is 0 Å². The van der Waals surface area contributed by atoms with Crippen molar-refractivity contribution in [2.75, 3.05) is 30.0 Å². The molecule has 112 valence electrons. The summed E-state index contributed by atoms with van der Waals surface area (Å²) in [6.07, 6.45) is 0. The van der Waals surface area contributed by atoms with Gasteiger partial charge in [-0.05, 0) is 44.7 Å². The summed E-state index contributed by atoms with van der Waals surface area (Å²) < 4.78 is 36.8. The number of halogens is 1. The van der Waals surface area contributed by atoms with Gasteiger partial charge in [0.05, 0.1) is 11.5 Å². The van der Waals surface area contributed by atoms with Crippen LogP contribution >= 0.6 is 0 Å².